The molecular formula is C13H27ClN2. The minimum atomic E-state index is 0. The van der Waals surface area contributed by atoms with Crippen molar-refractivity contribution in [3.8, 4) is 0 Å². The van der Waals surface area contributed by atoms with Gasteiger partial charge in [-0.2, -0.15) is 0 Å². The zero-order chi connectivity index (χ0) is 10.5. The number of piperazine rings is 1. The Morgan fingerprint density at radius 1 is 1.12 bits per heavy atom. The van der Waals surface area contributed by atoms with Crippen molar-refractivity contribution in [1.82, 2.24) is 10.2 Å². The fourth-order valence-corrected chi connectivity index (χ4v) is 3.03. The molecule has 0 spiro atoms. The molecule has 3 heteroatoms. The Hall–Kier alpha value is 0.210. The topological polar surface area (TPSA) is 15.3 Å². The maximum absolute atomic E-state index is 3.47. The minimum absolute atomic E-state index is 0. The van der Waals surface area contributed by atoms with E-state index in [2.05, 4.69) is 17.1 Å². The number of hydrogen-bond acceptors (Lipinski definition) is 2. The van der Waals surface area contributed by atoms with Crippen molar-refractivity contribution in [2.24, 2.45) is 5.92 Å². The summed E-state index contributed by atoms with van der Waals surface area (Å²) in [5.74, 6) is 0.994. The quantitative estimate of drug-likeness (QED) is 0.754. The first-order chi connectivity index (χ1) is 7.36. The van der Waals surface area contributed by atoms with E-state index in [-0.39, 0.29) is 12.4 Å². The van der Waals surface area contributed by atoms with Crippen molar-refractivity contribution in [2.75, 3.05) is 26.2 Å². The normalized spacial score (nSPS) is 29.4. The molecule has 16 heavy (non-hydrogen) atoms. The molecule has 1 unspecified atom stereocenters. The van der Waals surface area contributed by atoms with Crippen molar-refractivity contribution in [3.63, 3.8) is 0 Å². The zero-order valence-corrected chi connectivity index (χ0v) is 11.4. The van der Waals surface area contributed by atoms with Crippen LogP contribution in [0.15, 0.2) is 0 Å². The summed E-state index contributed by atoms with van der Waals surface area (Å²) < 4.78 is 0. The summed E-state index contributed by atoms with van der Waals surface area (Å²) in [4.78, 5) is 2.70. The second-order valence-electron chi connectivity index (χ2n) is 5.41. The van der Waals surface area contributed by atoms with Gasteiger partial charge in [0, 0.05) is 32.2 Å². The molecule has 96 valence electrons. The first kappa shape index (κ1) is 14.3. The van der Waals surface area contributed by atoms with Gasteiger partial charge in [0.15, 0.2) is 0 Å². The van der Waals surface area contributed by atoms with Crippen LogP contribution in [0.25, 0.3) is 0 Å². The van der Waals surface area contributed by atoms with Gasteiger partial charge in [-0.05, 0) is 25.7 Å². The molecule has 1 atom stereocenters. The maximum atomic E-state index is 3.47. The molecular weight excluding hydrogens is 220 g/mol. The molecule has 1 aliphatic heterocycles. The lowest BCUT2D eigenvalue weighted by molar-refractivity contribution is 0.142. The van der Waals surface area contributed by atoms with Crippen LogP contribution in [0.4, 0.5) is 0 Å². The summed E-state index contributed by atoms with van der Waals surface area (Å²) in [5.41, 5.74) is 0. The van der Waals surface area contributed by atoms with Gasteiger partial charge in [-0.25, -0.2) is 0 Å². The maximum Gasteiger partial charge on any atom is 0.0193 e. The molecule has 0 amide bonds. The molecule has 2 fully saturated rings. The van der Waals surface area contributed by atoms with E-state index in [1.807, 2.05) is 0 Å². The SMILES string of the molecule is CC1CNCCN1CC1CCCCCC1.Cl. The first-order valence-corrected chi connectivity index (χ1v) is 6.81. The molecule has 0 aromatic heterocycles. The van der Waals surface area contributed by atoms with Gasteiger partial charge in [-0.15, -0.1) is 12.4 Å². The number of halogens is 1. The summed E-state index contributed by atoms with van der Waals surface area (Å²) in [6.45, 7) is 7.37. The summed E-state index contributed by atoms with van der Waals surface area (Å²) in [7, 11) is 0. The van der Waals surface area contributed by atoms with Crippen molar-refractivity contribution in [1.29, 1.82) is 0 Å². The van der Waals surface area contributed by atoms with Crippen molar-refractivity contribution >= 4 is 12.4 Å². The largest absolute Gasteiger partial charge is 0.314 e. The van der Waals surface area contributed by atoms with Crippen LogP contribution in [-0.4, -0.2) is 37.1 Å². The molecule has 0 bridgehead atoms. The Kier molecular flexibility index (Phi) is 6.71. The average Bonchev–Trinajstić information content (AvgIpc) is 2.50. The fourth-order valence-electron chi connectivity index (χ4n) is 3.03. The molecule has 2 rings (SSSR count). The van der Waals surface area contributed by atoms with Gasteiger partial charge in [0.05, 0.1) is 0 Å². The van der Waals surface area contributed by atoms with Crippen LogP contribution in [0.3, 0.4) is 0 Å². The van der Waals surface area contributed by atoms with E-state index in [0.717, 1.165) is 12.0 Å². The molecule has 0 radical (unpaired) electrons. The van der Waals surface area contributed by atoms with Crippen LogP contribution < -0.4 is 5.32 Å². The highest BCUT2D eigenvalue weighted by Crippen LogP contribution is 2.24. The zero-order valence-electron chi connectivity index (χ0n) is 10.6. The van der Waals surface area contributed by atoms with Crippen molar-refractivity contribution in [3.05, 3.63) is 0 Å². The Bertz CT molecular complexity index is 179. The van der Waals surface area contributed by atoms with Crippen molar-refractivity contribution < 1.29 is 0 Å². The first-order valence-electron chi connectivity index (χ1n) is 6.81. The standard InChI is InChI=1S/C13H26N2.ClH/c1-12-10-14-8-9-15(12)11-13-6-4-2-3-5-7-13;/h12-14H,2-11H2,1H3;1H. The Morgan fingerprint density at radius 2 is 1.81 bits per heavy atom. The average molecular weight is 247 g/mol. The van der Waals surface area contributed by atoms with E-state index in [9.17, 15) is 0 Å². The monoisotopic (exact) mass is 246 g/mol. The van der Waals surface area contributed by atoms with E-state index < -0.39 is 0 Å². The Labute approximate surface area is 107 Å². The highest BCUT2D eigenvalue weighted by Gasteiger charge is 2.21. The summed E-state index contributed by atoms with van der Waals surface area (Å²) >= 11 is 0. The van der Waals surface area contributed by atoms with Crippen LogP contribution in [-0.2, 0) is 0 Å². The van der Waals surface area contributed by atoms with Gasteiger partial charge in [0.1, 0.15) is 0 Å². The summed E-state index contributed by atoms with van der Waals surface area (Å²) in [6, 6.07) is 0.752. The predicted molar refractivity (Wildman–Crippen MR) is 72.3 cm³/mol. The van der Waals surface area contributed by atoms with Crippen LogP contribution in [0.2, 0.25) is 0 Å². The Balaban J connectivity index is 0.00000128. The second-order valence-corrected chi connectivity index (χ2v) is 5.41. The van der Waals surface area contributed by atoms with E-state index >= 15 is 0 Å². The van der Waals surface area contributed by atoms with Gasteiger partial charge in [-0.1, -0.05) is 25.7 Å². The number of nitrogens with one attached hydrogen (secondary N) is 1. The van der Waals surface area contributed by atoms with Crippen LogP contribution in [0.5, 0.6) is 0 Å². The van der Waals surface area contributed by atoms with Crippen LogP contribution >= 0.6 is 12.4 Å². The Morgan fingerprint density at radius 3 is 2.44 bits per heavy atom. The lowest BCUT2D eigenvalue weighted by Gasteiger charge is -2.36. The number of nitrogens with zero attached hydrogens (tertiary/aromatic N) is 1. The lowest BCUT2D eigenvalue weighted by Crippen LogP contribution is -2.51. The minimum Gasteiger partial charge on any atom is -0.314 e. The lowest BCUT2D eigenvalue weighted by atomic mass is 9.98. The molecule has 0 aromatic carbocycles. The van der Waals surface area contributed by atoms with Gasteiger partial charge >= 0.3 is 0 Å². The molecule has 1 aliphatic carbocycles. The van der Waals surface area contributed by atoms with Crippen molar-refractivity contribution in [2.45, 2.75) is 51.5 Å². The van der Waals surface area contributed by atoms with Gasteiger partial charge in [0.2, 0.25) is 0 Å². The third-order valence-electron chi connectivity index (χ3n) is 4.11. The molecule has 1 N–H and O–H groups in total. The van der Waals surface area contributed by atoms with Crippen LogP contribution in [0, 0.1) is 5.92 Å². The predicted octanol–water partition coefficient (Wildman–Crippen LogP) is 2.67. The molecule has 2 nitrogen and oxygen atoms in total. The third-order valence-corrected chi connectivity index (χ3v) is 4.11. The summed E-state index contributed by atoms with van der Waals surface area (Å²) in [5, 5.41) is 3.47. The molecule has 1 heterocycles. The second kappa shape index (κ2) is 7.52. The van der Waals surface area contributed by atoms with Gasteiger partial charge in [0.25, 0.3) is 0 Å². The highest BCUT2D eigenvalue weighted by atomic mass is 35.5. The molecule has 1 saturated carbocycles. The number of hydrogen-bond donors (Lipinski definition) is 1. The molecule has 1 saturated heterocycles. The van der Waals surface area contributed by atoms with Crippen LogP contribution in [0.1, 0.15) is 45.4 Å². The van der Waals surface area contributed by atoms with E-state index in [1.54, 1.807) is 0 Å². The summed E-state index contributed by atoms with van der Waals surface area (Å²) in [6.07, 6.45) is 8.88. The molecule has 0 aromatic rings. The fraction of sp³-hybridized carbons (Fsp3) is 1.00. The third kappa shape index (κ3) is 4.23. The number of rotatable bonds is 2. The van der Waals surface area contributed by atoms with E-state index in [4.69, 9.17) is 0 Å². The molecule has 2 aliphatic rings. The van der Waals surface area contributed by atoms with E-state index in [1.165, 1.54) is 64.7 Å². The smallest absolute Gasteiger partial charge is 0.0193 e. The van der Waals surface area contributed by atoms with E-state index in [0.29, 0.717) is 0 Å². The van der Waals surface area contributed by atoms with Gasteiger partial charge < -0.3 is 5.32 Å². The van der Waals surface area contributed by atoms with Gasteiger partial charge in [-0.3, -0.25) is 4.90 Å². The highest BCUT2D eigenvalue weighted by molar-refractivity contribution is 5.85.